The number of carbonyl (C=O) groups excluding carboxylic acids is 1. The fraction of sp³-hybridized carbons (Fsp3) is 0.462. The molecule has 1 aliphatic rings. The third-order valence-corrected chi connectivity index (χ3v) is 3.09. The highest BCUT2D eigenvalue weighted by atomic mass is 16.3. The smallest absolute Gasteiger partial charge is 0.257 e. The molecule has 2 rings (SSSR count). The van der Waals surface area contributed by atoms with E-state index in [0.717, 1.165) is 25.1 Å². The lowest BCUT2D eigenvalue weighted by Gasteiger charge is -2.16. The van der Waals surface area contributed by atoms with Crippen LogP contribution in [0.3, 0.4) is 0 Å². The van der Waals surface area contributed by atoms with Gasteiger partial charge in [0, 0.05) is 13.1 Å². The van der Waals surface area contributed by atoms with E-state index in [4.69, 9.17) is 0 Å². The molecule has 0 radical (unpaired) electrons. The van der Waals surface area contributed by atoms with E-state index in [1.54, 1.807) is 12.1 Å². The van der Waals surface area contributed by atoms with Gasteiger partial charge in [0.05, 0.1) is 5.56 Å². The summed E-state index contributed by atoms with van der Waals surface area (Å²) in [6.07, 6.45) is 1.05. The summed E-state index contributed by atoms with van der Waals surface area (Å²) in [6, 6.07) is 5.19. The van der Waals surface area contributed by atoms with Crippen LogP contribution in [-0.2, 0) is 0 Å². The summed E-state index contributed by atoms with van der Waals surface area (Å²) in [5.74, 6) is 0.600. The van der Waals surface area contributed by atoms with Crippen LogP contribution in [0.2, 0.25) is 0 Å². The number of aromatic hydroxyl groups is 1. The highest BCUT2D eigenvalue weighted by molar-refractivity contribution is 5.97. The first-order chi connectivity index (χ1) is 7.58. The molecule has 0 bridgehead atoms. The summed E-state index contributed by atoms with van der Waals surface area (Å²) in [6.45, 7) is 5.63. The van der Waals surface area contributed by atoms with Crippen LogP contribution in [-0.4, -0.2) is 29.0 Å². The Kier molecular flexibility index (Phi) is 2.86. The molecule has 1 fully saturated rings. The molecule has 16 heavy (non-hydrogen) atoms. The molecule has 86 valence electrons. The molecule has 1 aromatic rings. The van der Waals surface area contributed by atoms with Gasteiger partial charge in [0.1, 0.15) is 5.75 Å². The van der Waals surface area contributed by atoms with Crippen LogP contribution in [0.15, 0.2) is 18.2 Å². The number of amides is 1. The molecule has 1 heterocycles. The van der Waals surface area contributed by atoms with Gasteiger partial charge in [-0.1, -0.05) is 13.0 Å². The van der Waals surface area contributed by atoms with Crippen molar-refractivity contribution in [3.63, 3.8) is 0 Å². The lowest BCUT2D eigenvalue weighted by molar-refractivity contribution is 0.0785. The molecule has 1 aliphatic heterocycles. The van der Waals surface area contributed by atoms with Crippen molar-refractivity contribution < 1.29 is 9.90 Å². The van der Waals surface area contributed by atoms with Crippen LogP contribution in [0.25, 0.3) is 0 Å². The predicted molar refractivity (Wildman–Crippen MR) is 62.5 cm³/mol. The Morgan fingerprint density at radius 2 is 2.25 bits per heavy atom. The minimum Gasteiger partial charge on any atom is -0.507 e. The number of aryl methyl sites for hydroxylation is 1. The van der Waals surface area contributed by atoms with Gasteiger partial charge in [-0.15, -0.1) is 0 Å². The maximum Gasteiger partial charge on any atom is 0.257 e. The summed E-state index contributed by atoms with van der Waals surface area (Å²) in [5, 5.41) is 9.74. The third kappa shape index (κ3) is 2.03. The van der Waals surface area contributed by atoms with Crippen LogP contribution in [0.5, 0.6) is 5.75 Å². The Bertz CT molecular complexity index is 414. The molecule has 1 unspecified atom stereocenters. The van der Waals surface area contributed by atoms with E-state index in [9.17, 15) is 9.90 Å². The molecule has 1 aromatic carbocycles. The van der Waals surface area contributed by atoms with Gasteiger partial charge in [0.15, 0.2) is 0 Å². The molecule has 1 amide bonds. The molecular weight excluding hydrogens is 202 g/mol. The van der Waals surface area contributed by atoms with Crippen LogP contribution in [0.4, 0.5) is 0 Å². The summed E-state index contributed by atoms with van der Waals surface area (Å²) >= 11 is 0. The predicted octanol–water partition coefficient (Wildman–Crippen LogP) is 2.18. The average Bonchev–Trinajstić information content (AvgIpc) is 2.64. The zero-order chi connectivity index (χ0) is 11.7. The maximum atomic E-state index is 12.1. The number of benzene rings is 1. The first kappa shape index (κ1) is 11.0. The van der Waals surface area contributed by atoms with Crippen LogP contribution in [0, 0.1) is 12.8 Å². The van der Waals surface area contributed by atoms with Crippen LogP contribution < -0.4 is 0 Å². The van der Waals surface area contributed by atoms with Gasteiger partial charge in [-0.3, -0.25) is 4.79 Å². The molecule has 3 nitrogen and oxygen atoms in total. The summed E-state index contributed by atoms with van der Waals surface area (Å²) in [7, 11) is 0. The Hall–Kier alpha value is -1.51. The van der Waals surface area contributed by atoms with Gasteiger partial charge in [0.25, 0.3) is 5.91 Å². The van der Waals surface area contributed by atoms with E-state index in [-0.39, 0.29) is 11.7 Å². The lowest BCUT2D eigenvalue weighted by Crippen LogP contribution is -2.28. The van der Waals surface area contributed by atoms with E-state index in [1.807, 2.05) is 17.9 Å². The third-order valence-electron chi connectivity index (χ3n) is 3.09. The van der Waals surface area contributed by atoms with E-state index in [0.29, 0.717) is 11.5 Å². The number of nitrogens with zero attached hydrogens (tertiary/aromatic N) is 1. The Balaban J connectivity index is 2.21. The van der Waals surface area contributed by atoms with Crippen molar-refractivity contribution in [2.75, 3.05) is 13.1 Å². The Labute approximate surface area is 95.7 Å². The zero-order valence-corrected chi connectivity index (χ0v) is 9.73. The standard InChI is InChI=1S/C13H17NO2/c1-9-3-4-11(12(15)7-9)13(16)14-6-5-10(2)8-14/h3-4,7,10,15H,5-6,8H2,1-2H3. The summed E-state index contributed by atoms with van der Waals surface area (Å²) in [4.78, 5) is 13.9. The van der Waals surface area contributed by atoms with Gasteiger partial charge < -0.3 is 10.0 Å². The van der Waals surface area contributed by atoms with Crippen molar-refractivity contribution in [2.24, 2.45) is 5.92 Å². The number of rotatable bonds is 1. The normalized spacial score (nSPS) is 20.1. The minimum absolute atomic E-state index is 0.0538. The minimum atomic E-state index is -0.0538. The molecule has 1 N–H and O–H groups in total. The summed E-state index contributed by atoms with van der Waals surface area (Å²) in [5.41, 5.74) is 1.38. The average molecular weight is 219 g/mol. The van der Waals surface area contributed by atoms with Crippen LogP contribution in [0.1, 0.15) is 29.3 Å². The second-order valence-corrected chi connectivity index (χ2v) is 4.67. The van der Waals surface area contributed by atoms with Gasteiger partial charge in [-0.05, 0) is 37.0 Å². The molecule has 1 saturated heterocycles. The monoisotopic (exact) mass is 219 g/mol. The fourth-order valence-electron chi connectivity index (χ4n) is 2.11. The summed E-state index contributed by atoms with van der Waals surface area (Å²) < 4.78 is 0. The SMILES string of the molecule is Cc1ccc(C(=O)N2CCC(C)C2)c(O)c1. The first-order valence-corrected chi connectivity index (χ1v) is 5.67. The zero-order valence-electron chi connectivity index (χ0n) is 9.73. The molecule has 1 atom stereocenters. The molecule has 3 heteroatoms. The van der Waals surface area contributed by atoms with Crippen LogP contribution >= 0.6 is 0 Å². The van der Waals surface area contributed by atoms with Crippen molar-refractivity contribution in [3.05, 3.63) is 29.3 Å². The van der Waals surface area contributed by atoms with Gasteiger partial charge in [-0.25, -0.2) is 0 Å². The Morgan fingerprint density at radius 3 is 2.81 bits per heavy atom. The van der Waals surface area contributed by atoms with E-state index in [1.165, 1.54) is 0 Å². The van der Waals surface area contributed by atoms with E-state index >= 15 is 0 Å². The van der Waals surface area contributed by atoms with E-state index in [2.05, 4.69) is 6.92 Å². The molecule has 0 spiro atoms. The number of carbonyl (C=O) groups is 1. The van der Waals surface area contributed by atoms with Gasteiger partial charge >= 0.3 is 0 Å². The highest BCUT2D eigenvalue weighted by Crippen LogP contribution is 2.23. The maximum absolute atomic E-state index is 12.1. The number of phenols is 1. The number of phenolic OH excluding ortho intramolecular Hbond substituents is 1. The van der Waals surface area contributed by atoms with E-state index < -0.39 is 0 Å². The molecule has 0 aliphatic carbocycles. The second kappa shape index (κ2) is 4.16. The van der Waals surface area contributed by atoms with Gasteiger partial charge in [0.2, 0.25) is 0 Å². The fourth-order valence-corrected chi connectivity index (χ4v) is 2.11. The van der Waals surface area contributed by atoms with Crippen molar-refractivity contribution in [1.29, 1.82) is 0 Å². The molecule has 0 aromatic heterocycles. The first-order valence-electron chi connectivity index (χ1n) is 5.67. The second-order valence-electron chi connectivity index (χ2n) is 4.67. The van der Waals surface area contributed by atoms with Crippen molar-refractivity contribution in [2.45, 2.75) is 20.3 Å². The molecular formula is C13H17NO2. The quantitative estimate of drug-likeness (QED) is 0.786. The number of likely N-dealkylation sites (tertiary alicyclic amines) is 1. The Morgan fingerprint density at radius 1 is 1.50 bits per heavy atom. The van der Waals surface area contributed by atoms with Gasteiger partial charge in [-0.2, -0.15) is 0 Å². The number of hydrogen-bond donors (Lipinski definition) is 1. The van der Waals surface area contributed by atoms with Crippen molar-refractivity contribution >= 4 is 5.91 Å². The van der Waals surface area contributed by atoms with Crippen molar-refractivity contribution in [3.8, 4) is 5.75 Å². The largest absolute Gasteiger partial charge is 0.507 e. The van der Waals surface area contributed by atoms with Crippen molar-refractivity contribution in [1.82, 2.24) is 4.90 Å². The number of hydrogen-bond acceptors (Lipinski definition) is 2. The lowest BCUT2D eigenvalue weighted by atomic mass is 10.1. The highest BCUT2D eigenvalue weighted by Gasteiger charge is 2.25. The topological polar surface area (TPSA) is 40.5 Å². The molecule has 0 saturated carbocycles.